The summed E-state index contributed by atoms with van der Waals surface area (Å²) in [6, 6.07) is 0. The van der Waals surface area contributed by atoms with Crippen LogP contribution in [0.4, 0.5) is 4.39 Å². The van der Waals surface area contributed by atoms with Crippen molar-refractivity contribution in [1.29, 1.82) is 0 Å². The predicted molar refractivity (Wildman–Crippen MR) is 52.6 cm³/mol. The van der Waals surface area contributed by atoms with E-state index in [0.717, 1.165) is 12.8 Å². The van der Waals surface area contributed by atoms with E-state index in [0.29, 0.717) is 11.5 Å². The molecular weight excluding hydrogens is 167 g/mol. The summed E-state index contributed by atoms with van der Waals surface area (Å²) in [5.74, 6) is 0. The monoisotopic (exact) mass is 188 g/mol. The van der Waals surface area contributed by atoms with Crippen molar-refractivity contribution >= 4 is 0 Å². The van der Waals surface area contributed by atoms with Gasteiger partial charge in [-0.3, -0.25) is 0 Å². The fraction of sp³-hybridized carbons (Fsp3) is 1.00. The van der Waals surface area contributed by atoms with E-state index in [1.165, 1.54) is 19.3 Å². The average molecular weight is 188 g/mol. The van der Waals surface area contributed by atoms with Crippen LogP contribution in [0.1, 0.15) is 46.0 Å². The van der Waals surface area contributed by atoms with Crippen LogP contribution in [-0.4, -0.2) is 19.4 Å². The fourth-order valence-electron chi connectivity index (χ4n) is 2.02. The molecule has 0 N–H and O–H groups in total. The lowest BCUT2D eigenvalue weighted by Crippen LogP contribution is -2.28. The molecule has 78 valence electrons. The molecule has 0 aromatic carbocycles. The highest BCUT2D eigenvalue weighted by Gasteiger charge is 2.29. The van der Waals surface area contributed by atoms with E-state index in [-0.39, 0.29) is 13.3 Å². The third kappa shape index (κ3) is 3.26. The van der Waals surface area contributed by atoms with Crippen LogP contribution >= 0.6 is 0 Å². The molecule has 1 saturated carbocycles. The van der Waals surface area contributed by atoms with Crippen LogP contribution < -0.4 is 0 Å². The normalized spacial score (nSPS) is 34.8. The largest absolute Gasteiger partial charge is 0.376 e. The molecule has 0 bridgehead atoms. The molecule has 13 heavy (non-hydrogen) atoms. The van der Waals surface area contributed by atoms with E-state index >= 15 is 0 Å². The van der Waals surface area contributed by atoms with Gasteiger partial charge in [0.05, 0.1) is 12.7 Å². The van der Waals surface area contributed by atoms with E-state index in [1.807, 2.05) is 0 Å². The third-order valence-electron chi connectivity index (χ3n) is 3.42. The Balaban J connectivity index is 2.22. The molecule has 0 amide bonds. The van der Waals surface area contributed by atoms with E-state index in [1.54, 1.807) is 0 Å². The molecule has 1 rings (SSSR count). The predicted octanol–water partition coefficient (Wildman–Crippen LogP) is 3.33. The lowest BCUT2D eigenvalue weighted by Gasteiger charge is -2.36. The number of halogens is 1. The number of hydrogen-bond acceptors (Lipinski definition) is 1. The third-order valence-corrected chi connectivity index (χ3v) is 3.42. The maximum absolute atomic E-state index is 11.8. The second-order valence-electron chi connectivity index (χ2n) is 4.42. The number of rotatable bonds is 4. The highest BCUT2D eigenvalue weighted by atomic mass is 19.1. The van der Waals surface area contributed by atoms with Crippen molar-refractivity contribution < 1.29 is 9.13 Å². The fourth-order valence-corrected chi connectivity index (χ4v) is 2.02. The van der Waals surface area contributed by atoms with Crippen LogP contribution in [0.3, 0.4) is 0 Å². The first-order chi connectivity index (χ1) is 6.20. The summed E-state index contributed by atoms with van der Waals surface area (Å²) in [6.45, 7) is 4.54. The van der Waals surface area contributed by atoms with Crippen molar-refractivity contribution in [3.05, 3.63) is 0 Å². The Morgan fingerprint density at radius 1 is 1.38 bits per heavy atom. The Bertz CT molecular complexity index is 139. The molecule has 0 atom stereocenters. The minimum Gasteiger partial charge on any atom is -0.376 e. The van der Waals surface area contributed by atoms with Gasteiger partial charge in [-0.05, 0) is 31.1 Å². The number of hydrogen-bond donors (Lipinski definition) is 0. The topological polar surface area (TPSA) is 9.23 Å². The lowest BCUT2D eigenvalue weighted by atomic mass is 9.73. The maximum atomic E-state index is 11.8. The van der Waals surface area contributed by atoms with Gasteiger partial charge >= 0.3 is 0 Å². The highest BCUT2D eigenvalue weighted by Crippen LogP contribution is 2.39. The number of alkyl halides is 1. The molecule has 0 unspecified atom stereocenters. The summed E-state index contributed by atoms with van der Waals surface area (Å²) >= 11 is 0. The summed E-state index contributed by atoms with van der Waals surface area (Å²) in [5, 5.41) is 0. The standard InChI is InChI=1S/C11H21FO/c1-3-11(2)6-4-10(5-7-11)13-9-8-12/h10H,3-9H2,1-2H3. The van der Waals surface area contributed by atoms with E-state index in [2.05, 4.69) is 13.8 Å². The summed E-state index contributed by atoms with van der Waals surface area (Å²) in [7, 11) is 0. The molecule has 1 fully saturated rings. The SMILES string of the molecule is CCC1(C)CCC(OCCF)CC1. The molecule has 1 aliphatic rings. The molecule has 0 radical (unpaired) electrons. The lowest BCUT2D eigenvalue weighted by molar-refractivity contribution is -0.00528. The quantitative estimate of drug-likeness (QED) is 0.657. The Morgan fingerprint density at radius 2 is 2.00 bits per heavy atom. The van der Waals surface area contributed by atoms with Gasteiger partial charge < -0.3 is 4.74 Å². The van der Waals surface area contributed by atoms with Gasteiger partial charge in [-0.15, -0.1) is 0 Å². The summed E-state index contributed by atoms with van der Waals surface area (Å²) in [4.78, 5) is 0. The smallest absolute Gasteiger partial charge is 0.113 e. The van der Waals surface area contributed by atoms with Crippen molar-refractivity contribution in [3.8, 4) is 0 Å². The first-order valence-electron chi connectivity index (χ1n) is 5.38. The maximum Gasteiger partial charge on any atom is 0.113 e. The van der Waals surface area contributed by atoms with Crippen molar-refractivity contribution in [2.75, 3.05) is 13.3 Å². The van der Waals surface area contributed by atoms with Gasteiger partial charge in [0.15, 0.2) is 0 Å². The zero-order valence-corrected chi connectivity index (χ0v) is 8.81. The Kier molecular flexibility index (Phi) is 4.17. The zero-order valence-electron chi connectivity index (χ0n) is 8.81. The molecular formula is C11H21FO. The van der Waals surface area contributed by atoms with E-state index in [9.17, 15) is 4.39 Å². The molecule has 0 spiro atoms. The summed E-state index contributed by atoms with van der Waals surface area (Å²) in [5.41, 5.74) is 0.523. The minimum absolute atomic E-state index is 0.285. The van der Waals surface area contributed by atoms with Gasteiger partial charge in [0.25, 0.3) is 0 Å². The Labute approximate surface area is 80.7 Å². The van der Waals surface area contributed by atoms with Crippen molar-refractivity contribution in [2.24, 2.45) is 5.41 Å². The second-order valence-corrected chi connectivity index (χ2v) is 4.42. The van der Waals surface area contributed by atoms with Crippen molar-refractivity contribution in [3.63, 3.8) is 0 Å². The van der Waals surface area contributed by atoms with Crippen LogP contribution in [0.2, 0.25) is 0 Å². The van der Waals surface area contributed by atoms with Crippen LogP contribution in [0, 0.1) is 5.41 Å². The van der Waals surface area contributed by atoms with Gasteiger partial charge in [0.1, 0.15) is 6.67 Å². The Morgan fingerprint density at radius 3 is 2.46 bits per heavy atom. The summed E-state index contributed by atoms with van der Waals surface area (Å²) in [6.07, 6.45) is 6.29. The van der Waals surface area contributed by atoms with Crippen LogP contribution in [0.15, 0.2) is 0 Å². The van der Waals surface area contributed by atoms with Crippen LogP contribution in [0.5, 0.6) is 0 Å². The minimum atomic E-state index is -0.346. The number of ether oxygens (including phenoxy) is 1. The summed E-state index contributed by atoms with van der Waals surface area (Å²) < 4.78 is 17.2. The van der Waals surface area contributed by atoms with Gasteiger partial charge in [-0.1, -0.05) is 20.3 Å². The molecule has 1 nitrogen and oxygen atoms in total. The van der Waals surface area contributed by atoms with Gasteiger partial charge in [0.2, 0.25) is 0 Å². The Hall–Kier alpha value is -0.110. The molecule has 0 aromatic heterocycles. The second kappa shape index (κ2) is 4.94. The molecule has 0 aromatic rings. The highest BCUT2D eigenvalue weighted by molar-refractivity contribution is 4.81. The van der Waals surface area contributed by atoms with Crippen LogP contribution in [0.25, 0.3) is 0 Å². The van der Waals surface area contributed by atoms with Gasteiger partial charge in [-0.25, -0.2) is 4.39 Å². The molecule has 2 heteroatoms. The van der Waals surface area contributed by atoms with Gasteiger partial charge in [0, 0.05) is 0 Å². The molecule has 1 aliphatic carbocycles. The first-order valence-corrected chi connectivity index (χ1v) is 5.38. The zero-order chi connectivity index (χ0) is 9.73. The first kappa shape index (κ1) is 11.0. The van der Waals surface area contributed by atoms with Crippen LogP contribution in [-0.2, 0) is 4.74 Å². The molecule has 0 aliphatic heterocycles. The molecule has 0 saturated heterocycles. The van der Waals surface area contributed by atoms with Gasteiger partial charge in [-0.2, -0.15) is 0 Å². The van der Waals surface area contributed by atoms with E-state index in [4.69, 9.17) is 4.74 Å². The van der Waals surface area contributed by atoms with Crippen molar-refractivity contribution in [2.45, 2.75) is 52.1 Å². The van der Waals surface area contributed by atoms with E-state index < -0.39 is 0 Å². The average Bonchev–Trinajstić information content (AvgIpc) is 2.17. The van der Waals surface area contributed by atoms with Crippen molar-refractivity contribution in [1.82, 2.24) is 0 Å². The molecule has 0 heterocycles.